The standard InChI is InChI=1S/C26H19NO2S/c28-26(27-21-10-2-1-3-11-21)20-9-6-8-18(15-20)24-14-13-22(29-24)17-23-16-19-7-4-5-12-25(19)30-23/h1-15,17H,16H2,(H,27,28)/b23-17-. The van der Waals surface area contributed by atoms with E-state index < -0.39 is 0 Å². The van der Waals surface area contributed by atoms with E-state index in [0.29, 0.717) is 5.56 Å². The van der Waals surface area contributed by atoms with E-state index in [4.69, 9.17) is 4.42 Å². The zero-order chi connectivity index (χ0) is 20.3. The van der Waals surface area contributed by atoms with E-state index in [-0.39, 0.29) is 5.91 Å². The smallest absolute Gasteiger partial charge is 0.255 e. The molecule has 1 aliphatic heterocycles. The molecule has 3 aromatic carbocycles. The van der Waals surface area contributed by atoms with Crippen LogP contribution in [0, 0.1) is 0 Å². The first-order chi connectivity index (χ1) is 14.7. The van der Waals surface area contributed by atoms with Crippen molar-refractivity contribution in [3.63, 3.8) is 0 Å². The number of nitrogens with one attached hydrogen (secondary N) is 1. The summed E-state index contributed by atoms with van der Waals surface area (Å²) in [4.78, 5) is 15.2. The SMILES string of the molecule is O=C(Nc1ccccc1)c1cccc(-c2ccc(/C=C3/Cc4ccccc4S3)o2)c1. The summed E-state index contributed by atoms with van der Waals surface area (Å²) in [5, 5.41) is 2.92. The van der Waals surface area contributed by atoms with Crippen LogP contribution in [-0.4, -0.2) is 5.91 Å². The van der Waals surface area contributed by atoms with Crippen LogP contribution in [0.5, 0.6) is 0 Å². The van der Waals surface area contributed by atoms with Gasteiger partial charge in [-0.2, -0.15) is 0 Å². The number of furan rings is 1. The molecule has 0 aliphatic carbocycles. The van der Waals surface area contributed by atoms with Gasteiger partial charge in [0.1, 0.15) is 11.5 Å². The molecule has 0 fully saturated rings. The lowest BCUT2D eigenvalue weighted by Crippen LogP contribution is -2.11. The van der Waals surface area contributed by atoms with Crippen molar-refractivity contribution in [3.05, 3.63) is 113 Å². The molecule has 1 amide bonds. The predicted molar refractivity (Wildman–Crippen MR) is 123 cm³/mol. The van der Waals surface area contributed by atoms with E-state index >= 15 is 0 Å². The molecule has 1 aromatic heterocycles. The van der Waals surface area contributed by atoms with Gasteiger partial charge in [0.2, 0.25) is 0 Å². The summed E-state index contributed by atoms with van der Waals surface area (Å²) in [6, 6.07) is 29.3. The molecule has 0 bridgehead atoms. The average molecular weight is 410 g/mol. The minimum Gasteiger partial charge on any atom is -0.457 e. The fourth-order valence-corrected chi connectivity index (χ4v) is 4.58. The number of amides is 1. The predicted octanol–water partition coefficient (Wildman–Crippen LogP) is 6.89. The van der Waals surface area contributed by atoms with Gasteiger partial charge in [-0.05, 0) is 59.0 Å². The molecule has 0 saturated carbocycles. The van der Waals surface area contributed by atoms with Crippen molar-refractivity contribution >= 4 is 29.4 Å². The first-order valence-corrected chi connectivity index (χ1v) is 10.6. The lowest BCUT2D eigenvalue weighted by Gasteiger charge is -2.06. The quantitative estimate of drug-likeness (QED) is 0.399. The number of carbonyl (C=O) groups is 1. The van der Waals surface area contributed by atoms with Gasteiger partial charge in [-0.25, -0.2) is 0 Å². The van der Waals surface area contributed by atoms with Gasteiger partial charge in [-0.3, -0.25) is 4.79 Å². The maximum Gasteiger partial charge on any atom is 0.255 e. The first kappa shape index (κ1) is 18.5. The molecular formula is C26H19NO2S. The van der Waals surface area contributed by atoms with Gasteiger partial charge in [0.05, 0.1) is 0 Å². The van der Waals surface area contributed by atoms with Gasteiger partial charge in [-0.15, -0.1) is 0 Å². The fraction of sp³-hybridized carbons (Fsp3) is 0.0385. The van der Waals surface area contributed by atoms with Gasteiger partial charge < -0.3 is 9.73 Å². The number of benzene rings is 3. The molecule has 0 spiro atoms. The maximum atomic E-state index is 12.6. The molecule has 146 valence electrons. The molecule has 5 rings (SSSR count). The van der Waals surface area contributed by atoms with Crippen LogP contribution in [0.4, 0.5) is 5.69 Å². The van der Waals surface area contributed by atoms with Crippen molar-refractivity contribution in [2.45, 2.75) is 11.3 Å². The number of thioether (sulfide) groups is 1. The Labute approximate surface area is 179 Å². The van der Waals surface area contributed by atoms with E-state index in [9.17, 15) is 4.79 Å². The van der Waals surface area contributed by atoms with Crippen molar-refractivity contribution in [1.82, 2.24) is 0 Å². The summed E-state index contributed by atoms with van der Waals surface area (Å²) in [6.45, 7) is 0. The largest absolute Gasteiger partial charge is 0.457 e. The van der Waals surface area contributed by atoms with Crippen LogP contribution in [-0.2, 0) is 6.42 Å². The zero-order valence-corrected chi connectivity index (χ0v) is 17.0. The lowest BCUT2D eigenvalue weighted by atomic mass is 10.1. The topological polar surface area (TPSA) is 42.2 Å². The summed E-state index contributed by atoms with van der Waals surface area (Å²) in [5.74, 6) is 1.42. The fourth-order valence-electron chi connectivity index (χ4n) is 3.48. The van der Waals surface area contributed by atoms with Crippen molar-refractivity contribution in [3.8, 4) is 11.3 Å². The van der Waals surface area contributed by atoms with Crippen LogP contribution < -0.4 is 5.32 Å². The second-order valence-corrected chi connectivity index (χ2v) is 8.27. The molecule has 4 heteroatoms. The number of hydrogen-bond donors (Lipinski definition) is 1. The van der Waals surface area contributed by atoms with Crippen molar-refractivity contribution < 1.29 is 9.21 Å². The Balaban J connectivity index is 1.34. The van der Waals surface area contributed by atoms with Crippen LogP contribution >= 0.6 is 11.8 Å². The molecule has 0 atom stereocenters. The summed E-state index contributed by atoms with van der Waals surface area (Å²) in [7, 11) is 0. The number of fused-ring (bicyclic) bond motifs is 1. The van der Waals surface area contributed by atoms with Crippen molar-refractivity contribution in [1.29, 1.82) is 0 Å². The van der Waals surface area contributed by atoms with Crippen LogP contribution in [0.2, 0.25) is 0 Å². The van der Waals surface area contributed by atoms with E-state index in [1.807, 2.05) is 60.7 Å². The Hall–Kier alpha value is -3.50. The third-order valence-electron chi connectivity index (χ3n) is 4.95. The minimum atomic E-state index is -0.142. The Morgan fingerprint density at radius 1 is 0.900 bits per heavy atom. The van der Waals surface area contributed by atoms with E-state index in [1.165, 1.54) is 15.4 Å². The van der Waals surface area contributed by atoms with Crippen LogP contribution in [0.25, 0.3) is 17.4 Å². The summed E-state index contributed by atoms with van der Waals surface area (Å²) >= 11 is 1.79. The molecular weight excluding hydrogens is 390 g/mol. The number of rotatable bonds is 4. The summed E-state index contributed by atoms with van der Waals surface area (Å²) < 4.78 is 6.06. The Kier molecular flexibility index (Phi) is 4.99. The molecule has 1 aliphatic rings. The van der Waals surface area contributed by atoms with Crippen molar-refractivity contribution in [2.24, 2.45) is 0 Å². The minimum absolute atomic E-state index is 0.142. The normalized spacial score (nSPS) is 13.9. The molecule has 1 N–H and O–H groups in total. The van der Waals surface area contributed by atoms with Gasteiger partial charge in [-0.1, -0.05) is 60.3 Å². The molecule has 3 nitrogen and oxygen atoms in total. The highest BCUT2D eigenvalue weighted by Crippen LogP contribution is 2.41. The second-order valence-electron chi connectivity index (χ2n) is 7.10. The maximum absolute atomic E-state index is 12.6. The first-order valence-electron chi connectivity index (χ1n) is 9.78. The van der Waals surface area contributed by atoms with Gasteiger partial charge in [0.25, 0.3) is 5.91 Å². The van der Waals surface area contributed by atoms with E-state index in [0.717, 1.165) is 29.2 Å². The van der Waals surface area contributed by atoms with Crippen LogP contribution in [0.3, 0.4) is 0 Å². The van der Waals surface area contributed by atoms with Crippen LogP contribution in [0.15, 0.2) is 105 Å². The number of allylic oxidation sites excluding steroid dienone is 1. The van der Waals surface area contributed by atoms with Gasteiger partial charge >= 0.3 is 0 Å². The Morgan fingerprint density at radius 3 is 2.60 bits per heavy atom. The highest BCUT2D eigenvalue weighted by Gasteiger charge is 2.16. The summed E-state index contributed by atoms with van der Waals surface area (Å²) in [6.07, 6.45) is 3.03. The van der Waals surface area contributed by atoms with E-state index in [2.05, 4.69) is 35.7 Å². The van der Waals surface area contributed by atoms with Crippen LogP contribution in [0.1, 0.15) is 21.7 Å². The number of carbonyl (C=O) groups excluding carboxylic acids is 1. The molecule has 2 heterocycles. The third-order valence-corrected chi connectivity index (χ3v) is 6.09. The molecule has 30 heavy (non-hydrogen) atoms. The monoisotopic (exact) mass is 409 g/mol. The van der Waals surface area contributed by atoms with Crippen molar-refractivity contribution in [2.75, 3.05) is 5.32 Å². The zero-order valence-electron chi connectivity index (χ0n) is 16.2. The highest BCUT2D eigenvalue weighted by atomic mass is 32.2. The van der Waals surface area contributed by atoms with E-state index in [1.54, 1.807) is 17.8 Å². The highest BCUT2D eigenvalue weighted by molar-refractivity contribution is 8.03. The van der Waals surface area contributed by atoms with Gasteiger partial charge in [0, 0.05) is 28.1 Å². The molecule has 4 aromatic rings. The second kappa shape index (κ2) is 8.09. The number of hydrogen-bond acceptors (Lipinski definition) is 3. The summed E-state index contributed by atoms with van der Waals surface area (Å²) in [5.41, 5.74) is 3.60. The molecule has 0 radical (unpaired) electrons. The average Bonchev–Trinajstić information content (AvgIpc) is 3.41. The lowest BCUT2D eigenvalue weighted by molar-refractivity contribution is 0.102. The number of para-hydroxylation sites is 1. The Bertz CT molecular complexity index is 1210. The molecule has 0 unspecified atom stereocenters. The number of anilines is 1. The van der Waals surface area contributed by atoms with Gasteiger partial charge in [0.15, 0.2) is 0 Å². The Morgan fingerprint density at radius 2 is 1.73 bits per heavy atom. The molecule has 0 saturated heterocycles. The third kappa shape index (κ3) is 3.95.